The zero-order chi connectivity index (χ0) is 24.1. The minimum absolute atomic E-state index is 0.116. The summed E-state index contributed by atoms with van der Waals surface area (Å²) in [5.41, 5.74) is 3.46. The molecule has 6 nitrogen and oxygen atoms in total. The Morgan fingerprint density at radius 3 is 2.15 bits per heavy atom. The lowest BCUT2D eigenvalue weighted by atomic mass is 10.1. The molecule has 1 aliphatic rings. The monoisotopic (exact) mass is 455 g/mol. The first-order valence-corrected chi connectivity index (χ1v) is 11.2. The van der Waals surface area contributed by atoms with Crippen LogP contribution in [0.25, 0.3) is 6.08 Å². The molecule has 0 atom stereocenters. The number of hydrogen-bond donors (Lipinski definition) is 1. The minimum Gasteiger partial charge on any atom is -0.490 e. The van der Waals surface area contributed by atoms with Crippen molar-refractivity contribution in [3.05, 3.63) is 94.6 Å². The Bertz CT molecular complexity index is 1240. The molecule has 1 aliphatic carbocycles. The van der Waals surface area contributed by atoms with E-state index in [1.165, 1.54) is 5.56 Å². The fraction of sp³-hybridized carbons (Fsp3) is 0.179. The van der Waals surface area contributed by atoms with Gasteiger partial charge < -0.3 is 14.8 Å². The van der Waals surface area contributed by atoms with Crippen molar-refractivity contribution in [1.29, 1.82) is 0 Å². The summed E-state index contributed by atoms with van der Waals surface area (Å²) in [6.07, 6.45) is 2.49. The highest BCUT2D eigenvalue weighted by Gasteiger charge is 2.32. The van der Waals surface area contributed by atoms with E-state index in [4.69, 9.17) is 9.47 Å². The second-order valence-corrected chi connectivity index (χ2v) is 7.79. The maximum Gasteiger partial charge on any atom is 0.262 e. The van der Waals surface area contributed by atoms with Gasteiger partial charge in [0.2, 0.25) is 0 Å². The highest BCUT2D eigenvalue weighted by molar-refractivity contribution is 6.41. The van der Waals surface area contributed by atoms with E-state index in [1.807, 2.05) is 31.2 Å². The van der Waals surface area contributed by atoms with Crippen LogP contribution in [0.4, 0.5) is 5.69 Å². The van der Waals surface area contributed by atoms with Gasteiger partial charge in [0.25, 0.3) is 5.91 Å². The molecule has 3 aromatic carbocycles. The van der Waals surface area contributed by atoms with E-state index in [-0.39, 0.29) is 29.7 Å². The molecule has 0 spiro atoms. The molecule has 0 aliphatic heterocycles. The zero-order valence-corrected chi connectivity index (χ0v) is 19.1. The summed E-state index contributed by atoms with van der Waals surface area (Å²) in [5, 5.41) is 2.80. The number of rotatable bonds is 8. The number of fused-ring (bicyclic) bond motifs is 1. The van der Waals surface area contributed by atoms with Gasteiger partial charge in [-0.05, 0) is 54.8 Å². The maximum absolute atomic E-state index is 12.7. The number of anilines is 1. The number of amides is 1. The molecule has 3 aromatic rings. The summed E-state index contributed by atoms with van der Waals surface area (Å²) in [6, 6.07) is 19.5. The van der Waals surface area contributed by atoms with E-state index in [0.29, 0.717) is 40.5 Å². The van der Waals surface area contributed by atoms with Gasteiger partial charge in [-0.25, -0.2) is 0 Å². The third-order valence-electron chi connectivity index (χ3n) is 5.49. The van der Waals surface area contributed by atoms with Crippen molar-refractivity contribution >= 4 is 29.2 Å². The molecule has 0 bridgehead atoms. The number of ether oxygens (including phenoxy) is 2. The van der Waals surface area contributed by atoms with Gasteiger partial charge in [0, 0.05) is 16.8 Å². The molecule has 0 aromatic heterocycles. The third-order valence-corrected chi connectivity index (χ3v) is 5.49. The Labute approximate surface area is 198 Å². The molecule has 0 heterocycles. The van der Waals surface area contributed by atoms with Gasteiger partial charge in [-0.1, -0.05) is 49.4 Å². The molecule has 0 fully saturated rings. The van der Waals surface area contributed by atoms with Crippen LogP contribution in [0.1, 0.15) is 45.7 Å². The number of carbonyl (C=O) groups is 3. The summed E-state index contributed by atoms with van der Waals surface area (Å²) < 4.78 is 11.4. The molecular weight excluding hydrogens is 430 g/mol. The van der Waals surface area contributed by atoms with E-state index in [9.17, 15) is 14.4 Å². The topological polar surface area (TPSA) is 81.7 Å². The second kappa shape index (κ2) is 10.2. The lowest BCUT2D eigenvalue weighted by molar-refractivity contribution is -0.118. The molecule has 34 heavy (non-hydrogen) atoms. The lowest BCUT2D eigenvalue weighted by Gasteiger charge is -2.13. The van der Waals surface area contributed by atoms with Crippen LogP contribution in [0.15, 0.2) is 72.3 Å². The summed E-state index contributed by atoms with van der Waals surface area (Å²) in [4.78, 5) is 37.7. The predicted molar refractivity (Wildman–Crippen MR) is 131 cm³/mol. The first kappa shape index (κ1) is 23.0. The van der Waals surface area contributed by atoms with Crippen LogP contribution < -0.4 is 14.8 Å². The SMILES string of the molecule is CCOc1cc(C=C2C(=O)c3ccccc3C2=O)ccc1OCC(=O)Nc1ccc(CC)cc1. The number of nitrogens with one attached hydrogen (secondary N) is 1. The van der Waals surface area contributed by atoms with Crippen molar-refractivity contribution in [2.75, 3.05) is 18.5 Å². The lowest BCUT2D eigenvalue weighted by Crippen LogP contribution is -2.20. The second-order valence-electron chi connectivity index (χ2n) is 7.79. The van der Waals surface area contributed by atoms with Gasteiger partial charge in [-0.15, -0.1) is 0 Å². The number of Topliss-reactive ketones (excluding diaryl/α,β-unsaturated/α-hetero) is 2. The molecular formula is C28H25NO5. The molecule has 4 rings (SSSR count). The smallest absolute Gasteiger partial charge is 0.262 e. The number of hydrogen-bond acceptors (Lipinski definition) is 5. The number of allylic oxidation sites excluding steroid dienone is 1. The van der Waals surface area contributed by atoms with Crippen LogP contribution in [-0.4, -0.2) is 30.7 Å². The van der Waals surface area contributed by atoms with Crippen molar-refractivity contribution < 1.29 is 23.9 Å². The van der Waals surface area contributed by atoms with Crippen LogP contribution in [0.5, 0.6) is 11.5 Å². The Balaban J connectivity index is 1.47. The zero-order valence-electron chi connectivity index (χ0n) is 19.1. The molecule has 172 valence electrons. The number of carbonyl (C=O) groups excluding carboxylic acids is 3. The van der Waals surface area contributed by atoms with Crippen molar-refractivity contribution in [3.63, 3.8) is 0 Å². The normalized spacial score (nSPS) is 12.4. The number of benzene rings is 3. The van der Waals surface area contributed by atoms with Gasteiger partial charge in [0.15, 0.2) is 29.7 Å². The van der Waals surface area contributed by atoms with Gasteiger partial charge in [0.1, 0.15) is 0 Å². The van der Waals surface area contributed by atoms with Crippen molar-refractivity contribution in [2.24, 2.45) is 0 Å². The van der Waals surface area contributed by atoms with Crippen LogP contribution in [0.2, 0.25) is 0 Å². The molecule has 1 amide bonds. The quantitative estimate of drug-likeness (QED) is 0.376. The van der Waals surface area contributed by atoms with Crippen molar-refractivity contribution in [2.45, 2.75) is 20.3 Å². The predicted octanol–water partition coefficient (Wildman–Crippen LogP) is 5.13. The number of ketones is 2. The molecule has 1 N–H and O–H groups in total. The van der Waals surface area contributed by atoms with Crippen molar-refractivity contribution in [1.82, 2.24) is 0 Å². The Hall–Kier alpha value is -4.19. The Kier molecular flexibility index (Phi) is 6.87. The highest BCUT2D eigenvalue weighted by atomic mass is 16.5. The summed E-state index contributed by atoms with van der Waals surface area (Å²) in [5.74, 6) is -0.0527. The van der Waals surface area contributed by atoms with E-state index in [1.54, 1.807) is 48.5 Å². The van der Waals surface area contributed by atoms with Crippen LogP contribution in [0, 0.1) is 0 Å². The molecule has 0 unspecified atom stereocenters. The fourth-order valence-electron chi connectivity index (χ4n) is 3.74. The van der Waals surface area contributed by atoms with E-state index < -0.39 is 0 Å². The van der Waals surface area contributed by atoms with Gasteiger partial charge >= 0.3 is 0 Å². The van der Waals surface area contributed by atoms with Crippen LogP contribution >= 0.6 is 0 Å². The highest BCUT2D eigenvalue weighted by Crippen LogP contribution is 2.32. The maximum atomic E-state index is 12.7. The molecule has 0 saturated carbocycles. The third kappa shape index (κ3) is 4.91. The fourth-order valence-corrected chi connectivity index (χ4v) is 3.74. The molecule has 0 saturated heterocycles. The van der Waals surface area contributed by atoms with Gasteiger partial charge in [-0.3, -0.25) is 14.4 Å². The van der Waals surface area contributed by atoms with Crippen LogP contribution in [0.3, 0.4) is 0 Å². The average molecular weight is 456 g/mol. The molecule has 6 heteroatoms. The summed E-state index contributed by atoms with van der Waals surface area (Å²) >= 11 is 0. The molecule has 0 radical (unpaired) electrons. The van der Waals surface area contributed by atoms with Crippen molar-refractivity contribution in [3.8, 4) is 11.5 Å². The van der Waals surface area contributed by atoms with E-state index >= 15 is 0 Å². The summed E-state index contributed by atoms with van der Waals surface area (Å²) in [6.45, 7) is 4.10. The average Bonchev–Trinajstić information content (AvgIpc) is 3.09. The first-order chi connectivity index (χ1) is 16.5. The van der Waals surface area contributed by atoms with E-state index in [2.05, 4.69) is 12.2 Å². The minimum atomic E-state index is -0.294. The number of aryl methyl sites for hydroxylation is 1. The first-order valence-electron chi connectivity index (χ1n) is 11.2. The van der Waals surface area contributed by atoms with Crippen LogP contribution in [-0.2, 0) is 11.2 Å². The standard InChI is InChI=1S/C28H25NO5/c1-3-18-9-12-20(13-10-18)29-26(30)17-34-24-14-11-19(16-25(24)33-4-2)15-23-27(31)21-7-5-6-8-22(21)28(23)32/h5-16H,3-4,17H2,1-2H3,(H,29,30). The Morgan fingerprint density at radius 2 is 1.53 bits per heavy atom. The summed E-state index contributed by atoms with van der Waals surface area (Å²) in [7, 11) is 0. The Morgan fingerprint density at radius 1 is 0.853 bits per heavy atom. The van der Waals surface area contributed by atoms with E-state index in [0.717, 1.165) is 6.42 Å². The largest absolute Gasteiger partial charge is 0.490 e. The van der Waals surface area contributed by atoms with Gasteiger partial charge in [-0.2, -0.15) is 0 Å². The van der Waals surface area contributed by atoms with Gasteiger partial charge in [0.05, 0.1) is 12.2 Å².